The first-order valence-corrected chi connectivity index (χ1v) is 6.18. The van der Waals surface area contributed by atoms with Crippen molar-refractivity contribution in [1.29, 1.82) is 0 Å². The van der Waals surface area contributed by atoms with Gasteiger partial charge in [-0.15, -0.1) is 0 Å². The van der Waals surface area contributed by atoms with E-state index in [0.717, 1.165) is 6.42 Å². The summed E-state index contributed by atoms with van der Waals surface area (Å²) in [6.07, 6.45) is 0.930. The van der Waals surface area contributed by atoms with E-state index in [1.807, 2.05) is 0 Å². The summed E-state index contributed by atoms with van der Waals surface area (Å²) >= 11 is 5.97. The highest BCUT2D eigenvalue weighted by Crippen LogP contribution is 2.23. The Morgan fingerprint density at radius 1 is 1.39 bits per heavy atom. The second kappa shape index (κ2) is 6.16. The molecular weight excluding hydrogens is 254 g/mol. The summed E-state index contributed by atoms with van der Waals surface area (Å²) in [4.78, 5) is 10.2. The van der Waals surface area contributed by atoms with Crippen LogP contribution >= 0.6 is 11.6 Å². The first-order chi connectivity index (χ1) is 8.29. The van der Waals surface area contributed by atoms with E-state index in [9.17, 15) is 10.1 Å². The van der Waals surface area contributed by atoms with Gasteiger partial charge in [0.15, 0.2) is 0 Å². The third-order valence-corrected chi connectivity index (χ3v) is 2.86. The van der Waals surface area contributed by atoms with Crippen molar-refractivity contribution in [2.24, 2.45) is 5.41 Å². The number of nitrogens with zero attached hydrogens (tertiary/aromatic N) is 1. The molecule has 18 heavy (non-hydrogen) atoms. The van der Waals surface area contributed by atoms with Gasteiger partial charge in [0.1, 0.15) is 0 Å². The Balaban J connectivity index is 2.56. The van der Waals surface area contributed by atoms with Crippen LogP contribution in [0.4, 0.5) is 5.69 Å². The van der Waals surface area contributed by atoms with Crippen molar-refractivity contribution in [2.75, 3.05) is 6.61 Å². The van der Waals surface area contributed by atoms with Gasteiger partial charge in [0.25, 0.3) is 5.69 Å². The molecule has 0 saturated carbocycles. The molecule has 0 aliphatic rings. The minimum Gasteiger partial charge on any atom is -0.377 e. The van der Waals surface area contributed by atoms with Crippen LogP contribution in [-0.4, -0.2) is 11.5 Å². The third kappa shape index (κ3) is 5.02. The van der Waals surface area contributed by atoms with Crippen LogP contribution in [0.1, 0.15) is 32.8 Å². The van der Waals surface area contributed by atoms with Crippen molar-refractivity contribution in [1.82, 2.24) is 0 Å². The van der Waals surface area contributed by atoms with Crippen molar-refractivity contribution < 1.29 is 9.66 Å². The monoisotopic (exact) mass is 271 g/mol. The third-order valence-electron chi connectivity index (χ3n) is 2.49. The predicted molar refractivity (Wildman–Crippen MR) is 71.8 cm³/mol. The van der Waals surface area contributed by atoms with Gasteiger partial charge in [0, 0.05) is 29.3 Å². The molecule has 1 rings (SSSR count). The second-order valence-corrected chi connectivity index (χ2v) is 5.80. The molecule has 5 heteroatoms. The first-order valence-electron chi connectivity index (χ1n) is 5.80. The minimum atomic E-state index is -0.436. The van der Waals surface area contributed by atoms with Crippen molar-refractivity contribution in [3.63, 3.8) is 0 Å². The maximum Gasteiger partial charge on any atom is 0.269 e. The Kier molecular flexibility index (Phi) is 5.11. The summed E-state index contributed by atoms with van der Waals surface area (Å²) in [5.41, 5.74) is 0.903. The molecule has 0 aliphatic heterocycles. The fourth-order valence-corrected chi connectivity index (χ4v) is 1.52. The molecule has 0 fully saturated rings. The van der Waals surface area contributed by atoms with Crippen molar-refractivity contribution in [3.8, 4) is 0 Å². The Hall–Kier alpha value is -1.13. The molecule has 0 bridgehead atoms. The lowest BCUT2D eigenvalue weighted by Crippen LogP contribution is -2.09. The van der Waals surface area contributed by atoms with Crippen LogP contribution < -0.4 is 0 Å². The molecule has 0 atom stereocenters. The van der Waals surface area contributed by atoms with E-state index >= 15 is 0 Å². The number of nitro groups is 1. The van der Waals surface area contributed by atoms with Gasteiger partial charge in [0.2, 0.25) is 0 Å². The lowest BCUT2D eigenvalue weighted by Gasteiger charge is -2.17. The van der Waals surface area contributed by atoms with Crippen LogP contribution in [0.15, 0.2) is 18.2 Å². The summed E-state index contributed by atoms with van der Waals surface area (Å²) in [5, 5.41) is 11.1. The summed E-state index contributed by atoms with van der Waals surface area (Å²) < 4.78 is 5.50. The molecule has 1 aromatic carbocycles. The van der Waals surface area contributed by atoms with E-state index in [2.05, 4.69) is 20.8 Å². The number of non-ortho nitro benzene ring substituents is 1. The van der Waals surface area contributed by atoms with E-state index in [0.29, 0.717) is 23.8 Å². The van der Waals surface area contributed by atoms with Crippen LogP contribution in [0.25, 0.3) is 0 Å². The van der Waals surface area contributed by atoms with Crippen LogP contribution in [0, 0.1) is 15.5 Å². The van der Waals surface area contributed by atoms with E-state index in [1.54, 1.807) is 0 Å². The van der Waals surface area contributed by atoms with E-state index in [1.165, 1.54) is 18.2 Å². The van der Waals surface area contributed by atoms with Crippen molar-refractivity contribution in [3.05, 3.63) is 38.9 Å². The molecule has 0 heterocycles. The highest BCUT2D eigenvalue weighted by atomic mass is 35.5. The molecule has 0 spiro atoms. The number of hydrogen-bond acceptors (Lipinski definition) is 3. The number of nitro benzene ring substituents is 1. The molecule has 1 aromatic rings. The van der Waals surface area contributed by atoms with Gasteiger partial charge in [-0.1, -0.05) is 32.4 Å². The highest BCUT2D eigenvalue weighted by Gasteiger charge is 2.12. The first kappa shape index (κ1) is 14.9. The average molecular weight is 272 g/mol. The van der Waals surface area contributed by atoms with Gasteiger partial charge in [-0.2, -0.15) is 0 Å². The zero-order valence-electron chi connectivity index (χ0n) is 10.9. The zero-order chi connectivity index (χ0) is 13.8. The van der Waals surface area contributed by atoms with Crippen LogP contribution in [0.3, 0.4) is 0 Å². The van der Waals surface area contributed by atoms with Gasteiger partial charge in [-0.3, -0.25) is 10.1 Å². The average Bonchev–Trinajstić information content (AvgIpc) is 2.24. The number of benzene rings is 1. The van der Waals surface area contributed by atoms with E-state index < -0.39 is 4.92 Å². The van der Waals surface area contributed by atoms with Crippen molar-refractivity contribution in [2.45, 2.75) is 33.8 Å². The summed E-state index contributed by atoms with van der Waals surface area (Å²) in [5.74, 6) is 0. The summed E-state index contributed by atoms with van der Waals surface area (Å²) in [7, 11) is 0. The lowest BCUT2D eigenvalue weighted by atomic mass is 9.93. The van der Waals surface area contributed by atoms with Gasteiger partial charge < -0.3 is 4.74 Å². The quantitative estimate of drug-likeness (QED) is 0.458. The molecule has 0 amide bonds. The molecular formula is C13H18ClNO3. The Morgan fingerprint density at radius 3 is 2.61 bits per heavy atom. The number of halogens is 1. The number of ether oxygens (including phenoxy) is 1. The van der Waals surface area contributed by atoms with Gasteiger partial charge >= 0.3 is 0 Å². The van der Waals surface area contributed by atoms with Gasteiger partial charge in [-0.05, 0) is 17.9 Å². The smallest absolute Gasteiger partial charge is 0.269 e. The van der Waals surface area contributed by atoms with Crippen LogP contribution in [0.2, 0.25) is 5.02 Å². The molecule has 0 unspecified atom stereocenters. The van der Waals surface area contributed by atoms with Gasteiger partial charge in [-0.25, -0.2) is 0 Å². The van der Waals surface area contributed by atoms with Crippen LogP contribution in [-0.2, 0) is 11.3 Å². The molecule has 4 nitrogen and oxygen atoms in total. The molecule has 0 aliphatic carbocycles. The number of rotatable bonds is 5. The maximum atomic E-state index is 10.6. The SMILES string of the molecule is CC(C)(C)CCOCc1cc([N+](=O)[O-])ccc1Cl. The molecule has 0 saturated heterocycles. The fraction of sp³-hybridized carbons (Fsp3) is 0.538. The van der Waals surface area contributed by atoms with Crippen LogP contribution in [0.5, 0.6) is 0 Å². The predicted octanol–water partition coefficient (Wildman–Crippen LogP) is 4.20. The summed E-state index contributed by atoms with van der Waals surface area (Å²) in [6.45, 7) is 7.32. The minimum absolute atomic E-state index is 0.0359. The number of hydrogen-bond donors (Lipinski definition) is 0. The van der Waals surface area contributed by atoms with Gasteiger partial charge in [0.05, 0.1) is 11.5 Å². The zero-order valence-corrected chi connectivity index (χ0v) is 11.7. The summed E-state index contributed by atoms with van der Waals surface area (Å²) in [6, 6.07) is 4.38. The fourth-order valence-electron chi connectivity index (χ4n) is 1.35. The molecule has 100 valence electrons. The standard InChI is InChI=1S/C13H18ClNO3/c1-13(2,3)6-7-18-9-10-8-11(15(16)17)4-5-12(10)14/h4-5,8H,6-7,9H2,1-3H3. The Morgan fingerprint density at radius 2 is 2.06 bits per heavy atom. The Labute approximate surface area is 112 Å². The highest BCUT2D eigenvalue weighted by molar-refractivity contribution is 6.31. The van der Waals surface area contributed by atoms with E-state index in [4.69, 9.17) is 16.3 Å². The largest absolute Gasteiger partial charge is 0.377 e. The lowest BCUT2D eigenvalue weighted by molar-refractivity contribution is -0.384. The normalized spacial score (nSPS) is 11.6. The topological polar surface area (TPSA) is 52.4 Å². The molecule has 0 radical (unpaired) electrons. The molecule has 0 aromatic heterocycles. The van der Waals surface area contributed by atoms with Crippen molar-refractivity contribution >= 4 is 17.3 Å². The molecule has 0 N–H and O–H groups in total. The van der Waals surface area contributed by atoms with E-state index in [-0.39, 0.29) is 11.1 Å². The second-order valence-electron chi connectivity index (χ2n) is 5.40. The maximum absolute atomic E-state index is 10.6. The Bertz CT molecular complexity index is 427.